The maximum absolute atomic E-state index is 13.2. The SMILES string of the molecule is CCC1SCCSC1C(Cc1ccc(F)c(Cl)c1)NC. The molecule has 1 aromatic rings. The molecule has 2 rings (SSSR count). The molecule has 1 heterocycles. The van der Waals surface area contributed by atoms with Crippen LogP contribution in [0.3, 0.4) is 0 Å². The van der Waals surface area contributed by atoms with E-state index in [2.05, 4.69) is 35.8 Å². The summed E-state index contributed by atoms with van der Waals surface area (Å²) in [6, 6.07) is 5.46. The predicted molar refractivity (Wildman–Crippen MR) is 90.7 cm³/mol. The third-order valence-corrected chi connectivity index (χ3v) is 7.40. The Bertz CT molecular complexity index is 444. The van der Waals surface area contributed by atoms with E-state index in [1.165, 1.54) is 24.0 Å². The van der Waals surface area contributed by atoms with Crippen LogP contribution in [-0.4, -0.2) is 35.1 Å². The molecular weight excluding hydrogens is 313 g/mol. The van der Waals surface area contributed by atoms with Crippen LogP contribution in [0.25, 0.3) is 0 Å². The molecule has 0 saturated carbocycles. The van der Waals surface area contributed by atoms with Crippen LogP contribution in [0.1, 0.15) is 18.9 Å². The van der Waals surface area contributed by atoms with Crippen molar-refractivity contribution in [1.82, 2.24) is 5.32 Å². The molecule has 0 spiro atoms. The van der Waals surface area contributed by atoms with Gasteiger partial charge in [0.1, 0.15) is 5.82 Å². The van der Waals surface area contributed by atoms with E-state index in [0.29, 0.717) is 16.5 Å². The molecule has 1 aliphatic heterocycles. The molecule has 0 amide bonds. The molecule has 5 heteroatoms. The number of thioether (sulfide) groups is 2. The van der Waals surface area contributed by atoms with Crippen LogP contribution in [0.15, 0.2) is 18.2 Å². The minimum absolute atomic E-state index is 0.218. The van der Waals surface area contributed by atoms with Crippen molar-refractivity contribution in [3.05, 3.63) is 34.6 Å². The summed E-state index contributed by atoms with van der Waals surface area (Å²) in [5, 5.41) is 4.97. The molecule has 1 nitrogen and oxygen atoms in total. The van der Waals surface area contributed by atoms with Crippen molar-refractivity contribution in [2.75, 3.05) is 18.6 Å². The number of likely N-dealkylation sites (N-methyl/N-ethyl adjacent to an activating group) is 1. The lowest BCUT2D eigenvalue weighted by Crippen LogP contribution is -2.44. The van der Waals surface area contributed by atoms with Crippen LogP contribution in [0.5, 0.6) is 0 Å². The molecule has 1 aliphatic rings. The lowest BCUT2D eigenvalue weighted by atomic mass is 10.00. The van der Waals surface area contributed by atoms with E-state index in [4.69, 9.17) is 11.6 Å². The van der Waals surface area contributed by atoms with Crippen LogP contribution in [0, 0.1) is 5.82 Å². The maximum Gasteiger partial charge on any atom is 0.141 e. The molecule has 1 aromatic carbocycles. The average molecular weight is 334 g/mol. The Morgan fingerprint density at radius 1 is 1.40 bits per heavy atom. The summed E-state index contributed by atoms with van der Waals surface area (Å²) >= 11 is 10.0. The smallest absolute Gasteiger partial charge is 0.141 e. The van der Waals surface area contributed by atoms with Gasteiger partial charge < -0.3 is 5.32 Å². The molecule has 1 fully saturated rings. The molecule has 112 valence electrons. The minimum Gasteiger partial charge on any atom is -0.316 e. The number of nitrogens with one attached hydrogen (secondary N) is 1. The second kappa shape index (κ2) is 7.92. The summed E-state index contributed by atoms with van der Waals surface area (Å²) in [6.45, 7) is 2.26. The highest BCUT2D eigenvalue weighted by atomic mass is 35.5. The Labute approximate surface area is 134 Å². The normalized spacial score (nSPS) is 24.6. The van der Waals surface area contributed by atoms with E-state index in [0.717, 1.165) is 12.0 Å². The Morgan fingerprint density at radius 3 is 2.80 bits per heavy atom. The summed E-state index contributed by atoms with van der Waals surface area (Å²) in [5.74, 6) is 2.12. The van der Waals surface area contributed by atoms with E-state index >= 15 is 0 Å². The number of rotatable bonds is 5. The lowest BCUT2D eigenvalue weighted by molar-refractivity contribution is 0.516. The highest BCUT2D eigenvalue weighted by Gasteiger charge is 2.31. The van der Waals surface area contributed by atoms with Crippen molar-refractivity contribution < 1.29 is 4.39 Å². The summed E-state index contributed by atoms with van der Waals surface area (Å²) in [5.41, 5.74) is 1.10. The van der Waals surface area contributed by atoms with Gasteiger partial charge in [0, 0.05) is 28.0 Å². The van der Waals surface area contributed by atoms with Crippen molar-refractivity contribution in [2.24, 2.45) is 0 Å². The molecular formula is C15H21ClFNS2. The van der Waals surface area contributed by atoms with Gasteiger partial charge in [-0.25, -0.2) is 4.39 Å². The Balaban J connectivity index is 2.09. The van der Waals surface area contributed by atoms with Gasteiger partial charge in [0.25, 0.3) is 0 Å². The van der Waals surface area contributed by atoms with Crippen LogP contribution < -0.4 is 5.32 Å². The lowest BCUT2D eigenvalue weighted by Gasteiger charge is -2.36. The molecule has 1 saturated heterocycles. The molecule has 1 N–H and O–H groups in total. The van der Waals surface area contributed by atoms with Gasteiger partial charge in [0.05, 0.1) is 5.02 Å². The van der Waals surface area contributed by atoms with Crippen molar-refractivity contribution in [2.45, 2.75) is 36.3 Å². The molecule has 0 bridgehead atoms. The summed E-state index contributed by atoms with van der Waals surface area (Å²) in [6.07, 6.45) is 2.09. The summed E-state index contributed by atoms with van der Waals surface area (Å²) in [7, 11) is 2.02. The van der Waals surface area contributed by atoms with E-state index in [9.17, 15) is 4.39 Å². The molecule has 0 aromatic heterocycles. The van der Waals surface area contributed by atoms with E-state index < -0.39 is 0 Å². The summed E-state index contributed by atoms with van der Waals surface area (Å²) in [4.78, 5) is 0. The zero-order chi connectivity index (χ0) is 14.5. The standard InChI is InChI=1S/C15H21ClFNS2/c1-3-14-15(20-7-6-19-14)13(18-2)9-10-4-5-12(17)11(16)8-10/h4-5,8,13-15,18H,3,6-7,9H2,1-2H3. The van der Waals surface area contributed by atoms with E-state index in [-0.39, 0.29) is 10.8 Å². The van der Waals surface area contributed by atoms with Crippen molar-refractivity contribution in [3.63, 3.8) is 0 Å². The molecule has 3 unspecified atom stereocenters. The van der Waals surface area contributed by atoms with Crippen LogP contribution in [0.4, 0.5) is 4.39 Å². The van der Waals surface area contributed by atoms with Crippen LogP contribution in [0.2, 0.25) is 5.02 Å². The largest absolute Gasteiger partial charge is 0.316 e. The third kappa shape index (κ3) is 4.06. The fraction of sp³-hybridized carbons (Fsp3) is 0.600. The second-order valence-electron chi connectivity index (χ2n) is 5.00. The van der Waals surface area contributed by atoms with Gasteiger partial charge in [-0.3, -0.25) is 0 Å². The van der Waals surface area contributed by atoms with E-state index in [1.807, 2.05) is 13.1 Å². The molecule has 20 heavy (non-hydrogen) atoms. The predicted octanol–water partition coefficient (Wildman–Crippen LogP) is 4.24. The monoisotopic (exact) mass is 333 g/mol. The highest BCUT2D eigenvalue weighted by Crippen LogP contribution is 2.36. The van der Waals surface area contributed by atoms with E-state index in [1.54, 1.807) is 6.07 Å². The average Bonchev–Trinajstić information content (AvgIpc) is 2.48. The van der Waals surface area contributed by atoms with Crippen LogP contribution >= 0.6 is 35.1 Å². The first-order chi connectivity index (χ1) is 9.65. The quantitative estimate of drug-likeness (QED) is 0.865. The van der Waals surface area contributed by atoms with Gasteiger partial charge in [0.2, 0.25) is 0 Å². The van der Waals surface area contributed by atoms with Gasteiger partial charge in [0.15, 0.2) is 0 Å². The first-order valence-corrected chi connectivity index (χ1v) is 9.47. The fourth-order valence-electron chi connectivity index (χ4n) is 2.61. The maximum atomic E-state index is 13.2. The Kier molecular flexibility index (Phi) is 6.53. The van der Waals surface area contributed by atoms with Gasteiger partial charge in [-0.05, 0) is 37.6 Å². The molecule has 0 radical (unpaired) electrons. The zero-order valence-electron chi connectivity index (χ0n) is 11.9. The zero-order valence-corrected chi connectivity index (χ0v) is 14.3. The first-order valence-electron chi connectivity index (χ1n) is 7.00. The number of benzene rings is 1. The van der Waals surface area contributed by atoms with Gasteiger partial charge in [-0.15, -0.1) is 0 Å². The molecule has 0 aliphatic carbocycles. The van der Waals surface area contributed by atoms with Crippen molar-refractivity contribution in [1.29, 1.82) is 0 Å². The Hall–Kier alpha value is 0.1000. The molecule has 3 atom stereocenters. The number of halogens is 2. The topological polar surface area (TPSA) is 12.0 Å². The van der Waals surface area contributed by atoms with Gasteiger partial charge >= 0.3 is 0 Å². The van der Waals surface area contributed by atoms with Crippen molar-refractivity contribution in [3.8, 4) is 0 Å². The van der Waals surface area contributed by atoms with Crippen molar-refractivity contribution >= 4 is 35.1 Å². The third-order valence-electron chi connectivity index (χ3n) is 3.70. The highest BCUT2D eigenvalue weighted by molar-refractivity contribution is 8.07. The fourth-order valence-corrected chi connectivity index (χ4v) is 6.12. The second-order valence-corrected chi connectivity index (χ2v) is 8.04. The number of hydrogen-bond donors (Lipinski definition) is 1. The first kappa shape index (κ1) is 16.5. The summed E-state index contributed by atoms with van der Waals surface area (Å²) < 4.78 is 13.2. The number of hydrogen-bond acceptors (Lipinski definition) is 3. The van der Waals surface area contributed by atoms with Crippen LogP contribution in [-0.2, 0) is 6.42 Å². The van der Waals surface area contributed by atoms with Gasteiger partial charge in [-0.1, -0.05) is 24.6 Å². The minimum atomic E-state index is -0.342. The van der Waals surface area contributed by atoms with Gasteiger partial charge in [-0.2, -0.15) is 23.5 Å². The Morgan fingerprint density at radius 2 is 2.15 bits per heavy atom.